The normalized spacial score (nSPS) is 13.5. The molecule has 1 aromatic heterocycles. The predicted octanol–water partition coefficient (Wildman–Crippen LogP) is 1.30. The second kappa shape index (κ2) is 5.71. The summed E-state index contributed by atoms with van der Waals surface area (Å²) in [5.41, 5.74) is 6.12. The molecule has 5 heteroatoms. The van der Waals surface area contributed by atoms with Crippen LogP contribution in [0, 0.1) is 0 Å². The lowest BCUT2D eigenvalue weighted by atomic mass is 9.92. The van der Waals surface area contributed by atoms with E-state index in [1.807, 2.05) is 30.3 Å². The van der Waals surface area contributed by atoms with E-state index < -0.39 is 11.4 Å². The molecule has 1 unspecified atom stereocenters. The zero-order valence-corrected chi connectivity index (χ0v) is 11.2. The number of carbonyl (C=O) groups excluding carboxylic acids is 1. The molecular weight excluding hydrogens is 254 g/mol. The van der Waals surface area contributed by atoms with E-state index in [-0.39, 0.29) is 12.3 Å². The Morgan fingerprint density at radius 3 is 2.60 bits per heavy atom. The predicted molar refractivity (Wildman–Crippen MR) is 77.0 cm³/mol. The molecule has 0 radical (unpaired) electrons. The number of nitrogens with one attached hydrogen (secondary N) is 1. The maximum Gasteiger partial charge on any atom is 0.272 e. The summed E-state index contributed by atoms with van der Waals surface area (Å²) >= 11 is 0. The van der Waals surface area contributed by atoms with Gasteiger partial charge < -0.3 is 16.2 Å². The first-order valence-corrected chi connectivity index (χ1v) is 6.26. The molecule has 4 N–H and O–H groups in total. The topological polar surface area (TPSA) is 88.2 Å². The minimum atomic E-state index is -0.887. The molecule has 0 saturated heterocycles. The summed E-state index contributed by atoms with van der Waals surface area (Å²) in [4.78, 5) is 16.2. The van der Waals surface area contributed by atoms with Crippen LogP contribution >= 0.6 is 0 Å². The van der Waals surface area contributed by atoms with Crippen molar-refractivity contribution >= 4 is 11.6 Å². The van der Waals surface area contributed by atoms with E-state index in [4.69, 9.17) is 5.73 Å². The van der Waals surface area contributed by atoms with E-state index in [2.05, 4.69) is 10.3 Å². The summed E-state index contributed by atoms with van der Waals surface area (Å²) in [5, 5.41) is 12.4. The Morgan fingerprint density at radius 1 is 1.30 bits per heavy atom. The Morgan fingerprint density at radius 2 is 2.00 bits per heavy atom. The number of aliphatic hydroxyl groups excluding tert-OH is 1. The number of nitrogen functional groups attached to an aromatic ring is 1. The largest absolute Gasteiger partial charge is 0.397 e. The molecule has 104 valence electrons. The van der Waals surface area contributed by atoms with Gasteiger partial charge in [0.1, 0.15) is 0 Å². The highest BCUT2D eigenvalue weighted by molar-refractivity contribution is 5.97. The fourth-order valence-corrected chi connectivity index (χ4v) is 1.93. The molecule has 0 aliphatic rings. The lowest BCUT2D eigenvalue weighted by molar-refractivity contribution is 0.0845. The van der Waals surface area contributed by atoms with Crippen molar-refractivity contribution in [2.45, 2.75) is 12.5 Å². The lowest BCUT2D eigenvalue weighted by Gasteiger charge is -2.29. The van der Waals surface area contributed by atoms with Gasteiger partial charge in [-0.2, -0.15) is 0 Å². The Bertz CT molecular complexity index is 601. The van der Waals surface area contributed by atoms with Crippen LogP contribution < -0.4 is 11.1 Å². The molecule has 0 aliphatic carbocycles. The summed E-state index contributed by atoms with van der Waals surface area (Å²) in [6.45, 7) is 1.52. The number of hydrogen-bond donors (Lipinski definition) is 3. The fourth-order valence-electron chi connectivity index (χ4n) is 1.93. The van der Waals surface area contributed by atoms with Crippen LogP contribution in [0.4, 0.5) is 5.69 Å². The lowest BCUT2D eigenvalue weighted by Crippen LogP contribution is -2.46. The molecule has 0 fully saturated rings. The van der Waals surface area contributed by atoms with Crippen molar-refractivity contribution in [3.63, 3.8) is 0 Å². The number of nitrogens with zero attached hydrogens (tertiary/aromatic N) is 1. The standard InChI is InChI=1S/C15H17N3O2/c1-15(10-19,11-6-3-2-4-7-11)18-14(20)13-12(16)8-5-9-17-13/h2-9,19H,10,16H2,1H3,(H,18,20). The van der Waals surface area contributed by atoms with Crippen molar-refractivity contribution in [3.8, 4) is 0 Å². The van der Waals surface area contributed by atoms with Crippen molar-refractivity contribution < 1.29 is 9.90 Å². The highest BCUT2D eigenvalue weighted by atomic mass is 16.3. The zero-order chi connectivity index (χ0) is 14.6. The molecule has 5 nitrogen and oxygen atoms in total. The van der Waals surface area contributed by atoms with Crippen LogP contribution in [0.3, 0.4) is 0 Å². The summed E-state index contributed by atoms with van der Waals surface area (Å²) in [6.07, 6.45) is 1.50. The Kier molecular flexibility index (Phi) is 4.00. The third-order valence-corrected chi connectivity index (χ3v) is 3.17. The molecule has 0 aliphatic heterocycles. The third-order valence-electron chi connectivity index (χ3n) is 3.17. The van der Waals surface area contributed by atoms with Crippen LogP contribution in [-0.2, 0) is 5.54 Å². The molecular formula is C15H17N3O2. The van der Waals surface area contributed by atoms with Crippen molar-refractivity contribution in [2.24, 2.45) is 0 Å². The van der Waals surface area contributed by atoms with E-state index in [0.29, 0.717) is 5.69 Å². The molecule has 2 rings (SSSR count). The van der Waals surface area contributed by atoms with Gasteiger partial charge in [-0.25, -0.2) is 4.98 Å². The van der Waals surface area contributed by atoms with Gasteiger partial charge >= 0.3 is 0 Å². The first kappa shape index (κ1) is 14.0. The van der Waals surface area contributed by atoms with Crippen molar-refractivity contribution in [2.75, 3.05) is 12.3 Å². The van der Waals surface area contributed by atoms with Gasteiger partial charge in [0.05, 0.1) is 17.8 Å². The number of amides is 1. The number of pyridine rings is 1. The fraction of sp³-hybridized carbons (Fsp3) is 0.200. The number of nitrogens with two attached hydrogens (primary N) is 1. The molecule has 0 bridgehead atoms. The van der Waals surface area contributed by atoms with Crippen molar-refractivity contribution in [3.05, 3.63) is 59.9 Å². The van der Waals surface area contributed by atoms with Crippen LogP contribution in [0.1, 0.15) is 23.0 Å². The Labute approximate surface area is 117 Å². The van der Waals surface area contributed by atoms with E-state index in [0.717, 1.165) is 5.56 Å². The quantitative estimate of drug-likeness (QED) is 0.782. The molecule has 1 amide bonds. The van der Waals surface area contributed by atoms with Crippen LogP contribution in [-0.4, -0.2) is 22.6 Å². The van der Waals surface area contributed by atoms with E-state index in [9.17, 15) is 9.90 Å². The highest BCUT2D eigenvalue weighted by Crippen LogP contribution is 2.21. The van der Waals surface area contributed by atoms with E-state index in [1.54, 1.807) is 19.1 Å². The number of aromatic nitrogens is 1. The van der Waals surface area contributed by atoms with Gasteiger partial charge in [0.25, 0.3) is 5.91 Å². The van der Waals surface area contributed by atoms with Crippen LogP contribution in [0.5, 0.6) is 0 Å². The molecule has 20 heavy (non-hydrogen) atoms. The Hall–Kier alpha value is -2.40. The summed E-state index contributed by atoms with van der Waals surface area (Å²) in [6, 6.07) is 12.5. The van der Waals surface area contributed by atoms with Gasteiger partial charge in [0, 0.05) is 6.20 Å². The molecule has 1 heterocycles. The van der Waals surface area contributed by atoms with Gasteiger partial charge in [-0.05, 0) is 24.6 Å². The van der Waals surface area contributed by atoms with Gasteiger partial charge in [0.2, 0.25) is 0 Å². The number of anilines is 1. The minimum Gasteiger partial charge on any atom is -0.397 e. The molecule has 2 aromatic rings. The Balaban J connectivity index is 2.27. The van der Waals surface area contributed by atoms with Gasteiger partial charge in [-0.15, -0.1) is 0 Å². The number of aliphatic hydroxyl groups is 1. The van der Waals surface area contributed by atoms with Crippen molar-refractivity contribution in [1.82, 2.24) is 10.3 Å². The average molecular weight is 271 g/mol. The number of benzene rings is 1. The average Bonchev–Trinajstić information content (AvgIpc) is 2.48. The molecule has 1 aromatic carbocycles. The molecule has 0 spiro atoms. The SMILES string of the molecule is CC(CO)(NC(=O)c1ncccc1N)c1ccccc1. The third kappa shape index (κ3) is 2.78. The van der Waals surface area contributed by atoms with Gasteiger partial charge in [0.15, 0.2) is 5.69 Å². The van der Waals surface area contributed by atoms with Gasteiger partial charge in [-0.3, -0.25) is 4.79 Å². The minimum absolute atomic E-state index is 0.156. The van der Waals surface area contributed by atoms with E-state index in [1.165, 1.54) is 6.20 Å². The summed E-state index contributed by atoms with van der Waals surface area (Å²) in [5.74, 6) is -0.413. The smallest absolute Gasteiger partial charge is 0.272 e. The van der Waals surface area contributed by atoms with Crippen LogP contribution in [0.25, 0.3) is 0 Å². The maximum atomic E-state index is 12.2. The first-order chi connectivity index (χ1) is 9.57. The van der Waals surface area contributed by atoms with Crippen LogP contribution in [0.2, 0.25) is 0 Å². The molecule has 0 saturated carbocycles. The first-order valence-electron chi connectivity index (χ1n) is 6.26. The summed E-state index contributed by atoms with van der Waals surface area (Å²) < 4.78 is 0. The second-order valence-corrected chi connectivity index (χ2v) is 4.75. The van der Waals surface area contributed by atoms with Crippen molar-refractivity contribution in [1.29, 1.82) is 0 Å². The van der Waals surface area contributed by atoms with Gasteiger partial charge in [-0.1, -0.05) is 30.3 Å². The number of hydrogen-bond acceptors (Lipinski definition) is 4. The summed E-state index contributed by atoms with van der Waals surface area (Å²) in [7, 11) is 0. The maximum absolute atomic E-state index is 12.2. The number of carbonyl (C=O) groups is 1. The second-order valence-electron chi connectivity index (χ2n) is 4.75. The molecule has 1 atom stereocenters. The highest BCUT2D eigenvalue weighted by Gasteiger charge is 2.29. The zero-order valence-electron chi connectivity index (χ0n) is 11.2. The van der Waals surface area contributed by atoms with Crippen LogP contribution in [0.15, 0.2) is 48.7 Å². The number of rotatable bonds is 4. The monoisotopic (exact) mass is 271 g/mol. The van der Waals surface area contributed by atoms with E-state index >= 15 is 0 Å².